The van der Waals surface area contributed by atoms with E-state index in [1.165, 1.54) is 140 Å². The van der Waals surface area contributed by atoms with E-state index >= 15 is 0 Å². The highest BCUT2D eigenvalue weighted by Gasteiger charge is 2.24. The zero-order valence-electron chi connectivity index (χ0n) is 24.8. The molecule has 2 saturated carbocycles. The van der Waals surface area contributed by atoms with E-state index in [0.717, 1.165) is 29.1 Å². The van der Waals surface area contributed by atoms with Crippen molar-refractivity contribution in [3.8, 4) is 11.4 Å². The van der Waals surface area contributed by atoms with Gasteiger partial charge in [0, 0.05) is 18.0 Å². The number of benzene rings is 1. The van der Waals surface area contributed by atoms with E-state index in [1.54, 1.807) is 0 Å². The Balaban J connectivity index is 1.18. The smallest absolute Gasteiger partial charge is 0.159 e. The molecular weight excluding hydrogens is 460 g/mol. The first-order chi connectivity index (χ1) is 18.8. The molecule has 0 radical (unpaired) electrons. The molecule has 38 heavy (non-hydrogen) atoms. The van der Waals surface area contributed by atoms with Crippen LogP contribution >= 0.6 is 0 Å². The highest BCUT2D eigenvalue weighted by atomic mass is 14.9. The largest absolute Gasteiger partial charge is 0.236 e. The lowest BCUT2D eigenvalue weighted by Crippen LogP contribution is -2.14. The Kier molecular flexibility index (Phi) is 12.7. The van der Waals surface area contributed by atoms with E-state index in [1.807, 2.05) is 0 Å². The van der Waals surface area contributed by atoms with Gasteiger partial charge in [0.15, 0.2) is 5.82 Å². The molecule has 0 saturated heterocycles. The van der Waals surface area contributed by atoms with Gasteiger partial charge in [-0.05, 0) is 86.2 Å². The summed E-state index contributed by atoms with van der Waals surface area (Å²) in [7, 11) is 0. The summed E-state index contributed by atoms with van der Waals surface area (Å²) >= 11 is 0. The summed E-state index contributed by atoms with van der Waals surface area (Å²) in [6.45, 7) is 4.61. The Labute approximate surface area is 234 Å². The molecule has 4 rings (SSSR count). The Hall–Kier alpha value is -1.70. The van der Waals surface area contributed by atoms with Crippen LogP contribution in [-0.4, -0.2) is 9.97 Å². The van der Waals surface area contributed by atoms with Gasteiger partial charge in [-0.2, -0.15) is 0 Å². The summed E-state index contributed by atoms with van der Waals surface area (Å²) < 4.78 is 0. The van der Waals surface area contributed by atoms with E-state index in [9.17, 15) is 0 Å². The molecule has 0 aliphatic heterocycles. The van der Waals surface area contributed by atoms with Crippen LogP contribution in [0.1, 0.15) is 165 Å². The topological polar surface area (TPSA) is 25.8 Å². The molecule has 2 fully saturated rings. The van der Waals surface area contributed by atoms with Gasteiger partial charge in [0.05, 0.1) is 0 Å². The maximum absolute atomic E-state index is 4.81. The summed E-state index contributed by atoms with van der Waals surface area (Å²) in [5.41, 5.74) is 4.04. The summed E-state index contributed by atoms with van der Waals surface area (Å²) in [6, 6.07) is 9.22. The van der Waals surface area contributed by atoms with Gasteiger partial charge in [-0.25, -0.2) is 9.97 Å². The van der Waals surface area contributed by atoms with E-state index < -0.39 is 0 Å². The van der Waals surface area contributed by atoms with Gasteiger partial charge in [0.1, 0.15) is 0 Å². The second-order valence-corrected chi connectivity index (χ2v) is 12.8. The van der Waals surface area contributed by atoms with Crippen LogP contribution in [0, 0.1) is 11.8 Å². The van der Waals surface area contributed by atoms with E-state index in [2.05, 4.69) is 50.5 Å². The predicted molar refractivity (Wildman–Crippen MR) is 164 cm³/mol. The predicted octanol–water partition coefficient (Wildman–Crippen LogP) is 11.4. The standard InChI is InChI=1S/C36H56N2/c1-3-5-7-9-10-12-14-30-17-21-33(22-18-30)35-27-37-36(38-28-35)34-25-23-32(24-26-34)31-19-15-29(16-20-31)13-11-8-6-4-2/h23-31,33H,3-22H2,1-2H3. The number of unbranched alkanes of at least 4 members (excludes halogenated alkanes) is 8. The minimum absolute atomic E-state index is 0.661. The van der Waals surface area contributed by atoms with Crippen molar-refractivity contribution in [3.05, 3.63) is 47.8 Å². The minimum atomic E-state index is 0.661. The Morgan fingerprint density at radius 3 is 1.50 bits per heavy atom. The van der Waals surface area contributed by atoms with Crippen LogP contribution in [0.4, 0.5) is 0 Å². The average molecular weight is 517 g/mol. The quantitative estimate of drug-likeness (QED) is 0.220. The monoisotopic (exact) mass is 516 g/mol. The zero-order valence-corrected chi connectivity index (χ0v) is 24.8. The molecular formula is C36H56N2. The van der Waals surface area contributed by atoms with Crippen LogP contribution in [0.2, 0.25) is 0 Å². The third-order valence-electron chi connectivity index (χ3n) is 9.91. The maximum Gasteiger partial charge on any atom is 0.159 e. The normalized spacial score (nSPS) is 23.9. The Morgan fingerprint density at radius 2 is 0.974 bits per heavy atom. The number of nitrogens with zero attached hydrogens (tertiary/aromatic N) is 2. The highest BCUT2D eigenvalue weighted by molar-refractivity contribution is 5.55. The maximum atomic E-state index is 4.81. The fourth-order valence-corrected chi connectivity index (χ4v) is 7.24. The fraction of sp³-hybridized carbons (Fsp3) is 0.722. The molecule has 210 valence electrons. The second kappa shape index (κ2) is 16.4. The first-order valence-electron chi connectivity index (χ1n) is 16.7. The van der Waals surface area contributed by atoms with Gasteiger partial charge in [0.2, 0.25) is 0 Å². The molecule has 0 unspecified atom stereocenters. The number of rotatable bonds is 15. The van der Waals surface area contributed by atoms with Crippen LogP contribution in [0.3, 0.4) is 0 Å². The van der Waals surface area contributed by atoms with Crippen LogP contribution in [-0.2, 0) is 0 Å². The van der Waals surface area contributed by atoms with Crippen molar-refractivity contribution >= 4 is 0 Å². The average Bonchev–Trinajstić information content (AvgIpc) is 2.98. The number of hydrogen-bond acceptors (Lipinski definition) is 2. The van der Waals surface area contributed by atoms with Crippen LogP contribution < -0.4 is 0 Å². The third kappa shape index (κ3) is 9.20. The molecule has 2 nitrogen and oxygen atoms in total. The van der Waals surface area contributed by atoms with E-state index in [-0.39, 0.29) is 0 Å². The molecule has 2 aliphatic rings. The summed E-state index contributed by atoms with van der Waals surface area (Å²) in [4.78, 5) is 9.62. The molecule has 2 aromatic rings. The van der Waals surface area contributed by atoms with Crippen LogP contribution in [0.25, 0.3) is 11.4 Å². The molecule has 0 bridgehead atoms. The van der Waals surface area contributed by atoms with Crippen molar-refractivity contribution in [3.63, 3.8) is 0 Å². The molecule has 1 aromatic carbocycles. The Bertz CT molecular complexity index is 871. The lowest BCUT2D eigenvalue weighted by Gasteiger charge is -2.29. The van der Waals surface area contributed by atoms with Gasteiger partial charge in [-0.15, -0.1) is 0 Å². The SMILES string of the molecule is CCCCCCCCC1CCC(c2cnc(-c3ccc(C4CCC(CCCCCC)CC4)cc3)nc2)CC1. The van der Waals surface area contributed by atoms with Crippen molar-refractivity contribution in [2.24, 2.45) is 11.8 Å². The number of aromatic nitrogens is 2. The van der Waals surface area contributed by atoms with Crippen LogP contribution in [0.5, 0.6) is 0 Å². The lowest BCUT2D eigenvalue weighted by atomic mass is 9.77. The van der Waals surface area contributed by atoms with Gasteiger partial charge in [0.25, 0.3) is 0 Å². The molecule has 1 heterocycles. The van der Waals surface area contributed by atoms with Crippen molar-refractivity contribution in [1.29, 1.82) is 0 Å². The molecule has 0 N–H and O–H groups in total. The first-order valence-corrected chi connectivity index (χ1v) is 16.7. The van der Waals surface area contributed by atoms with Gasteiger partial charge < -0.3 is 0 Å². The lowest BCUT2D eigenvalue weighted by molar-refractivity contribution is 0.301. The summed E-state index contributed by atoms with van der Waals surface area (Å²) in [5.74, 6) is 4.22. The van der Waals surface area contributed by atoms with Crippen molar-refractivity contribution in [1.82, 2.24) is 9.97 Å². The van der Waals surface area contributed by atoms with Gasteiger partial charge in [-0.1, -0.05) is 115 Å². The van der Waals surface area contributed by atoms with Crippen LogP contribution in [0.15, 0.2) is 36.7 Å². The minimum Gasteiger partial charge on any atom is -0.236 e. The van der Waals surface area contributed by atoms with Crippen molar-refractivity contribution in [2.45, 2.75) is 154 Å². The molecule has 1 aromatic heterocycles. The third-order valence-corrected chi connectivity index (χ3v) is 9.91. The molecule has 0 atom stereocenters. The fourth-order valence-electron chi connectivity index (χ4n) is 7.24. The Morgan fingerprint density at radius 1 is 0.526 bits per heavy atom. The summed E-state index contributed by atoms with van der Waals surface area (Å²) in [5, 5.41) is 0. The highest BCUT2D eigenvalue weighted by Crippen LogP contribution is 2.39. The van der Waals surface area contributed by atoms with E-state index in [4.69, 9.17) is 9.97 Å². The van der Waals surface area contributed by atoms with E-state index in [0.29, 0.717) is 5.92 Å². The first kappa shape index (κ1) is 29.3. The second-order valence-electron chi connectivity index (χ2n) is 12.8. The number of hydrogen-bond donors (Lipinski definition) is 0. The molecule has 0 amide bonds. The molecule has 0 spiro atoms. The summed E-state index contributed by atoms with van der Waals surface area (Å²) in [6.07, 6.45) is 32.3. The van der Waals surface area contributed by atoms with Gasteiger partial charge in [-0.3, -0.25) is 0 Å². The van der Waals surface area contributed by atoms with Crippen molar-refractivity contribution < 1.29 is 0 Å². The zero-order chi connectivity index (χ0) is 26.4. The van der Waals surface area contributed by atoms with Gasteiger partial charge >= 0.3 is 0 Å². The molecule has 2 aliphatic carbocycles. The van der Waals surface area contributed by atoms with Crippen molar-refractivity contribution in [2.75, 3.05) is 0 Å². The molecule has 2 heteroatoms.